The topological polar surface area (TPSA) is 64.0 Å². The van der Waals surface area contributed by atoms with Gasteiger partial charge in [-0.15, -0.1) is 0 Å². The zero-order chi connectivity index (χ0) is 16.1. The standard InChI is InChI=1S/C17H12ClN3O2/c1-9-15-20-13-5-3-2-4-11(13)17(23)21(15)14-7-6-10(18)8-12(14)16(22)19-9/h2-9H,1H3,(H,19,22). The molecular weight excluding hydrogens is 314 g/mol. The van der Waals surface area contributed by atoms with Crippen LogP contribution in [0.5, 0.6) is 0 Å². The number of para-hydroxylation sites is 1. The second-order valence-electron chi connectivity index (χ2n) is 5.48. The van der Waals surface area contributed by atoms with Crippen molar-refractivity contribution in [3.63, 3.8) is 0 Å². The van der Waals surface area contributed by atoms with Gasteiger partial charge in [-0.05, 0) is 37.3 Å². The highest BCUT2D eigenvalue weighted by Crippen LogP contribution is 2.26. The Balaban J connectivity index is 2.18. The molecule has 6 heteroatoms. The van der Waals surface area contributed by atoms with Crippen LogP contribution < -0.4 is 10.9 Å². The molecule has 5 nitrogen and oxygen atoms in total. The molecular formula is C17H12ClN3O2. The van der Waals surface area contributed by atoms with Gasteiger partial charge in [0.15, 0.2) is 0 Å². The minimum absolute atomic E-state index is 0.197. The van der Waals surface area contributed by atoms with E-state index in [1.54, 1.807) is 43.3 Å². The molecule has 1 aliphatic heterocycles. The van der Waals surface area contributed by atoms with Crippen molar-refractivity contribution in [3.05, 3.63) is 69.2 Å². The average molecular weight is 326 g/mol. The third-order valence-corrected chi connectivity index (χ3v) is 4.22. The average Bonchev–Trinajstić information content (AvgIpc) is 2.64. The molecule has 3 aromatic rings. The van der Waals surface area contributed by atoms with E-state index in [0.717, 1.165) is 0 Å². The van der Waals surface area contributed by atoms with E-state index in [2.05, 4.69) is 10.3 Å². The molecule has 23 heavy (non-hydrogen) atoms. The number of hydrogen-bond acceptors (Lipinski definition) is 3. The van der Waals surface area contributed by atoms with Crippen molar-refractivity contribution < 1.29 is 4.79 Å². The van der Waals surface area contributed by atoms with Gasteiger partial charge in [-0.25, -0.2) is 4.98 Å². The number of amides is 1. The molecule has 0 fully saturated rings. The molecule has 0 bridgehead atoms. The van der Waals surface area contributed by atoms with Crippen molar-refractivity contribution in [2.45, 2.75) is 13.0 Å². The summed E-state index contributed by atoms with van der Waals surface area (Å²) >= 11 is 6.01. The monoisotopic (exact) mass is 325 g/mol. The summed E-state index contributed by atoms with van der Waals surface area (Å²) in [6, 6.07) is 11.7. The minimum atomic E-state index is -0.397. The molecule has 2 heterocycles. The van der Waals surface area contributed by atoms with Crippen molar-refractivity contribution in [1.82, 2.24) is 14.9 Å². The molecule has 0 spiro atoms. The van der Waals surface area contributed by atoms with E-state index in [1.807, 2.05) is 6.07 Å². The molecule has 1 amide bonds. The second-order valence-corrected chi connectivity index (χ2v) is 5.92. The zero-order valence-electron chi connectivity index (χ0n) is 12.2. The van der Waals surface area contributed by atoms with E-state index in [4.69, 9.17) is 11.6 Å². The Labute approximate surface area is 136 Å². The first-order chi connectivity index (χ1) is 11.1. The number of fused-ring (bicyclic) bond motifs is 4. The number of rotatable bonds is 0. The van der Waals surface area contributed by atoms with Crippen LogP contribution in [0.15, 0.2) is 47.3 Å². The van der Waals surface area contributed by atoms with E-state index in [1.165, 1.54) is 4.57 Å². The van der Waals surface area contributed by atoms with Crippen molar-refractivity contribution >= 4 is 28.4 Å². The smallest absolute Gasteiger partial charge is 0.266 e. The van der Waals surface area contributed by atoms with Crippen LogP contribution >= 0.6 is 11.6 Å². The Morgan fingerprint density at radius 2 is 1.96 bits per heavy atom. The zero-order valence-corrected chi connectivity index (χ0v) is 13.0. The molecule has 1 aromatic heterocycles. The Bertz CT molecular complexity index is 1030. The van der Waals surface area contributed by atoms with E-state index in [9.17, 15) is 9.59 Å². The van der Waals surface area contributed by atoms with Gasteiger partial charge in [0.05, 0.1) is 28.2 Å². The van der Waals surface area contributed by atoms with Gasteiger partial charge >= 0.3 is 0 Å². The maximum Gasteiger partial charge on any atom is 0.266 e. The van der Waals surface area contributed by atoms with E-state index in [0.29, 0.717) is 33.0 Å². The predicted molar refractivity (Wildman–Crippen MR) is 88.2 cm³/mol. The van der Waals surface area contributed by atoms with Crippen LogP contribution in [0.25, 0.3) is 16.6 Å². The fraction of sp³-hybridized carbons (Fsp3) is 0.118. The van der Waals surface area contributed by atoms with Crippen molar-refractivity contribution in [2.75, 3.05) is 0 Å². The quantitative estimate of drug-likeness (QED) is 0.691. The lowest BCUT2D eigenvalue weighted by Crippen LogP contribution is -2.28. The van der Waals surface area contributed by atoms with Crippen molar-refractivity contribution in [1.29, 1.82) is 0 Å². The third kappa shape index (κ3) is 2.04. The summed E-state index contributed by atoms with van der Waals surface area (Å²) in [6.07, 6.45) is 0. The SMILES string of the molecule is CC1NC(=O)c2cc(Cl)ccc2-n2c1nc1ccccc1c2=O. The number of halogens is 1. The minimum Gasteiger partial charge on any atom is -0.342 e. The Morgan fingerprint density at radius 1 is 1.17 bits per heavy atom. The Hall–Kier alpha value is -2.66. The molecule has 0 saturated carbocycles. The Morgan fingerprint density at radius 3 is 2.78 bits per heavy atom. The number of carbonyl (C=O) groups is 1. The van der Waals surface area contributed by atoms with Crippen LogP contribution in [-0.2, 0) is 0 Å². The second kappa shape index (κ2) is 4.93. The van der Waals surface area contributed by atoms with Crippen molar-refractivity contribution in [3.8, 4) is 5.69 Å². The summed E-state index contributed by atoms with van der Waals surface area (Å²) in [5, 5.41) is 3.81. The van der Waals surface area contributed by atoms with E-state index < -0.39 is 6.04 Å². The maximum atomic E-state index is 13.0. The van der Waals surface area contributed by atoms with Crippen LogP contribution in [0, 0.1) is 0 Å². The molecule has 0 saturated heterocycles. The number of carbonyl (C=O) groups excluding carboxylic acids is 1. The molecule has 0 aliphatic carbocycles. The lowest BCUT2D eigenvalue weighted by atomic mass is 10.1. The normalized spacial score (nSPS) is 16.4. The summed E-state index contributed by atoms with van der Waals surface area (Å²) < 4.78 is 1.50. The van der Waals surface area contributed by atoms with Crippen molar-refractivity contribution in [2.24, 2.45) is 0 Å². The molecule has 1 aliphatic rings. The highest BCUT2D eigenvalue weighted by atomic mass is 35.5. The summed E-state index contributed by atoms with van der Waals surface area (Å²) in [5.74, 6) is 0.229. The van der Waals surface area contributed by atoms with Gasteiger partial charge in [0.1, 0.15) is 5.82 Å². The molecule has 1 atom stereocenters. The van der Waals surface area contributed by atoms with Gasteiger partial charge in [-0.2, -0.15) is 0 Å². The van der Waals surface area contributed by atoms with Crippen LogP contribution in [0.4, 0.5) is 0 Å². The first kappa shape index (κ1) is 14.0. The van der Waals surface area contributed by atoms with Gasteiger partial charge in [-0.3, -0.25) is 14.2 Å². The lowest BCUT2D eigenvalue weighted by molar-refractivity contribution is 0.0941. The van der Waals surface area contributed by atoms with Crippen LogP contribution in [0.3, 0.4) is 0 Å². The fourth-order valence-corrected chi connectivity index (χ4v) is 3.07. The Kier molecular flexibility index (Phi) is 2.99. The number of benzene rings is 2. The highest BCUT2D eigenvalue weighted by molar-refractivity contribution is 6.31. The first-order valence-electron chi connectivity index (χ1n) is 7.19. The number of nitrogens with zero attached hydrogens (tertiary/aromatic N) is 2. The summed E-state index contributed by atoms with van der Waals surface area (Å²) in [7, 11) is 0. The highest BCUT2D eigenvalue weighted by Gasteiger charge is 2.27. The lowest BCUT2D eigenvalue weighted by Gasteiger charge is -2.15. The van der Waals surface area contributed by atoms with Crippen LogP contribution in [0.2, 0.25) is 5.02 Å². The molecule has 4 rings (SSSR count). The van der Waals surface area contributed by atoms with Gasteiger partial charge in [0.2, 0.25) is 0 Å². The molecule has 2 aromatic carbocycles. The molecule has 0 radical (unpaired) electrons. The van der Waals surface area contributed by atoms with E-state index >= 15 is 0 Å². The molecule has 114 valence electrons. The van der Waals surface area contributed by atoms with Gasteiger partial charge in [0, 0.05) is 5.02 Å². The van der Waals surface area contributed by atoms with Crippen LogP contribution in [0.1, 0.15) is 29.1 Å². The van der Waals surface area contributed by atoms with Gasteiger partial charge in [0.25, 0.3) is 11.5 Å². The largest absolute Gasteiger partial charge is 0.342 e. The van der Waals surface area contributed by atoms with Gasteiger partial charge < -0.3 is 5.32 Å². The number of nitrogens with one attached hydrogen (secondary N) is 1. The number of hydrogen-bond donors (Lipinski definition) is 1. The van der Waals surface area contributed by atoms with Gasteiger partial charge in [-0.1, -0.05) is 23.7 Å². The summed E-state index contributed by atoms with van der Waals surface area (Å²) in [5.41, 5.74) is 1.27. The van der Waals surface area contributed by atoms with Crippen LogP contribution in [-0.4, -0.2) is 15.5 Å². The fourth-order valence-electron chi connectivity index (χ4n) is 2.90. The van der Waals surface area contributed by atoms with E-state index in [-0.39, 0.29) is 11.5 Å². The third-order valence-electron chi connectivity index (χ3n) is 3.98. The molecule has 1 N–H and O–H groups in total. The molecule has 1 unspecified atom stereocenters. The first-order valence-corrected chi connectivity index (χ1v) is 7.56. The summed E-state index contributed by atoms with van der Waals surface area (Å²) in [4.78, 5) is 30.0. The summed E-state index contributed by atoms with van der Waals surface area (Å²) in [6.45, 7) is 1.80. The maximum absolute atomic E-state index is 13.0. The predicted octanol–water partition coefficient (Wildman–Crippen LogP) is 2.84. The number of aromatic nitrogens is 2.